The zero-order chi connectivity index (χ0) is 14.5. The summed E-state index contributed by atoms with van der Waals surface area (Å²) in [4.78, 5) is 15.4. The Labute approximate surface area is 119 Å². The summed E-state index contributed by atoms with van der Waals surface area (Å²) in [5.74, 6) is 0.734. The highest BCUT2D eigenvalue weighted by Gasteiger charge is 2.24. The van der Waals surface area contributed by atoms with Crippen LogP contribution in [0.2, 0.25) is 0 Å². The highest BCUT2D eigenvalue weighted by molar-refractivity contribution is 5.73. The van der Waals surface area contributed by atoms with Gasteiger partial charge in [0.25, 0.3) is 0 Å². The van der Waals surface area contributed by atoms with Gasteiger partial charge in [-0.05, 0) is 37.1 Å². The van der Waals surface area contributed by atoms with Gasteiger partial charge < -0.3 is 14.5 Å². The van der Waals surface area contributed by atoms with Crippen LogP contribution in [-0.4, -0.2) is 49.6 Å². The average Bonchev–Trinajstić information content (AvgIpc) is 2.46. The van der Waals surface area contributed by atoms with E-state index >= 15 is 0 Å². The summed E-state index contributed by atoms with van der Waals surface area (Å²) in [5, 5.41) is 0. The minimum absolute atomic E-state index is 0.0523. The maximum absolute atomic E-state index is 12.8. The van der Waals surface area contributed by atoms with Gasteiger partial charge in [-0.3, -0.25) is 0 Å². The number of piperidine rings is 1. The highest BCUT2D eigenvalue weighted by atomic mass is 19.1. The van der Waals surface area contributed by atoms with Crippen molar-refractivity contribution in [2.45, 2.75) is 12.8 Å². The van der Waals surface area contributed by atoms with Crippen LogP contribution in [0.1, 0.15) is 12.8 Å². The van der Waals surface area contributed by atoms with E-state index in [0.717, 1.165) is 25.9 Å². The van der Waals surface area contributed by atoms with Gasteiger partial charge in [-0.2, -0.15) is 0 Å². The van der Waals surface area contributed by atoms with E-state index < -0.39 is 0 Å². The molecule has 4 nitrogen and oxygen atoms in total. The second-order valence-electron chi connectivity index (χ2n) is 5.40. The van der Waals surface area contributed by atoms with Crippen LogP contribution >= 0.6 is 0 Å². The van der Waals surface area contributed by atoms with Crippen LogP contribution in [0.5, 0.6) is 5.75 Å². The normalized spacial score (nSPS) is 18.8. The van der Waals surface area contributed by atoms with E-state index in [4.69, 9.17) is 4.74 Å². The van der Waals surface area contributed by atoms with Crippen molar-refractivity contribution in [3.63, 3.8) is 0 Å². The number of carbonyl (C=O) groups is 1. The van der Waals surface area contributed by atoms with Crippen LogP contribution in [0.3, 0.4) is 0 Å². The maximum atomic E-state index is 12.8. The number of hydrogen-bond acceptors (Lipinski definition) is 2. The minimum Gasteiger partial charge on any atom is -0.493 e. The van der Waals surface area contributed by atoms with Crippen molar-refractivity contribution in [1.82, 2.24) is 9.80 Å². The molecular formula is C15H21FN2O2. The molecule has 110 valence electrons. The van der Waals surface area contributed by atoms with Gasteiger partial charge in [0.1, 0.15) is 11.6 Å². The molecule has 1 aliphatic heterocycles. The fourth-order valence-electron chi connectivity index (χ4n) is 2.40. The van der Waals surface area contributed by atoms with E-state index in [1.165, 1.54) is 12.1 Å². The van der Waals surface area contributed by atoms with Crippen molar-refractivity contribution in [2.75, 3.05) is 33.8 Å². The molecule has 1 aromatic carbocycles. The third kappa shape index (κ3) is 3.85. The lowest BCUT2D eigenvalue weighted by atomic mass is 9.99. The smallest absolute Gasteiger partial charge is 0.319 e. The van der Waals surface area contributed by atoms with Gasteiger partial charge >= 0.3 is 6.03 Å². The number of carbonyl (C=O) groups excluding carboxylic acids is 1. The third-order valence-corrected chi connectivity index (χ3v) is 3.47. The summed E-state index contributed by atoms with van der Waals surface area (Å²) in [6.45, 7) is 2.09. The molecule has 0 aliphatic carbocycles. The Bertz CT molecular complexity index is 448. The SMILES string of the molecule is CN(C)C(=O)N1CCCC(COc2ccc(F)cc2)C1. The number of amides is 2. The largest absolute Gasteiger partial charge is 0.493 e. The van der Waals surface area contributed by atoms with E-state index in [-0.39, 0.29) is 11.8 Å². The fraction of sp³-hybridized carbons (Fsp3) is 0.533. The first-order valence-electron chi connectivity index (χ1n) is 6.91. The molecule has 1 aromatic rings. The Kier molecular flexibility index (Phi) is 4.82. The molecule has 0 spiro atoms. The summed E-state index contributed by atoms with van der Waals surface area (Å²) in [6, 6.07) is 6.08. The predicted molar refractivity (Wildman–Crippen MR) is 75.3 cm³/mol. The molecule has 0 bridgehead atoms. The van der Waals surface area contributed by atoms with E-state index in [2.05, 4.69) is 0 Å². The summed E-state index contributed by atoms with van der Waals surface area (Å²) >= 11 is 0. The number of hydrogen-bond donors (Lipinski definition) is 0. The summed E-state index contributed by atoms with van der Waals surface area (Å²) in [7, 11) is 3.53. The Balaban J connectivity index is 1.84. The second kappa shape index (κ2) is 6.59. The van der Waals surface area contributed by atoms with Crippen LogP contribution in [-0.2, 0) is 0 Å². The molecule has 1 saturated heterocycles. The molecule has 5 heteroatoms. The third-order valence-electron chi connectivity index (χ3n) is 3.47. The Morgan fingerprint density at radius 3 is 2.75 bits per heavy atom. The Morgan fingerprint density at radius 1 is 1.40 bits per heavy atom. The van der Waals surface area contributed by atoms with Crippen molar-refractivity contribution in [3.8, 4) is 5.75 Å². The molecule has 1 heterocycles. The monoisotopic (exact) mass is 280 g/mol. The van der Waals surface area contributed by atoms with Gasteiger partial charge in [0.2, 0.25) is 0 Å². The average molecular weight is 280 g/mol. The number of rotatable bonds is 3. The number of urea groups is 1. The van der Waals surface area contributed by atoms with E-state index in [1.54, 1.807) is 31.1 Å². The number of ether oxygens (including phenoxy) is 1. The van der Waals surface area contributed by atoms with Crippen molar-refractivity contribution < 1.29 is 13.9 Å². The van der Waals surface area contributed by atoms with Gasteiger partial charge in [-0.15, -0.1) is 0 Å². The van der Waals surface area contributed by atoms with Crippen LogP contribution in [0.4, 0.5) is 9.18 Å². The maximum Gasteiger partial charge on any atom is 0.319 e. The molecule has 0 N–H and O–H groups in total. The quantitative estimate of drug-likeness (QED) is 0.852. The zero-order valence-corrected chi connectivity index (χ0v) is 12.0. The van der Waals surface area contributed by atoms with Crippen LogP contribution in [0.15, 0.2) is 24.3 Å². The topological polar surface area (TPSA) is 32.8 Å². The summed E-state index contributed by atoms with van der Waals surface area (Å²) in [5.41, 5.74) is 0. The number of likely N-dealkylation sites (tertiary alicyclic amines) is 1. The van der Waals surface area contributed by atoms with Gasteiger partial charge in [-0.1, -0.05) is 0 Å². The van der Waals surface area contributed by atoms with E-state index in [1.807, 2.05) is 4.90 Å². The molecule has 1 unspecified atom stereocenters. The van der Waals surface area contributed by atoms with E-state index in [9.17, 15) is 9.18 Å². The van der Waals surface area contributed by atoms with Crippen molar-refractivity contribution in [1.29, 1.82) is 0 Å². The summed E-state index contributed by atoms with van der Waals surface area (Å²) < 4.78 is 18.5. The van der Waals surface area contributed by atoms with Crippen molar-refractivity contribution in [2.24, 2.45) is 5.92 Å². The first-order valence-corrected chi connectivity index (χ1v) is 6.91. The number of halogens is 1. The molecule has 0 saturated carbocycles. The molecule has 1 fully saturated rings. The minimum atomic E-state index is -0.266. The molecule has 1 atom stereocenters. The first kappa shape index (κ1) is 14.6. The van der Waals surface area contributed by atoms with Crippen molar-refractivity contribution in [3.05, 3.63) is 30.1 Å². The van der Waals surface area contributed by atoms with Crippen LogP contribution < -0.4 is 4.74 Å². The molecule has 20 heavy (non-hydrogen) atoms. The lowest BCUT2D eigenvalue weighted by Gasteiger charge is -2.34. The molecular weight excluding hydrogens is 259 g/mol. The van der Waals surface area contributed by atoms with E-state index in [0.29, 0.717) is 18.3 Å². The number of benzene rings is 1. The van der Waals surface area contributed by atoms with Gasteiger partial charge in [0.05, 0.1) is 6.61 Å². The first-order chi connectivity index (χ1) is 9.56. The zero-order valence-electron chi connectivity index (χ0n) is 12.0. The number of nitrogens with zero attached hydrogens (tertiary/aromatic N) is 2. The van der Waals surface area contributed by atoms with Crippen molar-refractivity contribution >= 4 is 6.03 Å². The summed E-state index contributed by atoms with van der Waals surface area (Å²) in [6.07, 6.45) is 2.05. The van der Waals surface area contributed by atoms with Gasteiger partial charge in [-0.25, -0.2) is 9.18 Å². The van der Waals surface area contributed by atoms with Gasteiger partial charge in [0.15, 0.2) is 0 Å². The van der Waals surface area contributed by atoms with Crippen LogP contribution in [0.25, 0.3) is 0 Å². The lowest BCUT2D eigenvalue weighted by molar-refractivity contribution is 0.122. The molecule has 0 aromatic heterocycles. The molecule has 0 radical (unpaired) electrons. The predicted octanol–water partition coefficient (Wildman–Crippen LogP) is 2.60. The fourth-order valence-corrected chi connectivity index (χ4v) is 2.40. The molecule has 2 rings (SSSR count). The highest BCUT2D eigenvalue weighted by Crippen LogP contribution is 2.19. The lowest BCUT2D eigenvalue weighted by Crippen LogP contribution is -2.46. The molecule has 1 aliphatic rings. The second-order valence-corrected chi connectivity index (χ2v) is 5.40. The Morgan fingerprint density at radius 2 is 2.10 bits per heavy atom. The van der Waals surface area contributed by atoms with Crippen LogP contribution in [0, 0.1) is 11.7 Å². The molecule has 2 amide bonds. The van der Waals surface area contributed by atoms with Gasteiger partial charge in [0, 0.05) is 33.1 Å². The standard InChI is InChI=1S/C15H21FN2O2/c1-17(2)15(19)18-9-3-4-12(10-18)11-20-14-7-5-13(16)6-8-14/h5-8,12H,3-4,9-11H2,1-2H3. The Hall–Kier alpha value is -1.78.